The van der Waals surface area contributed by atoms with Gasteiger partial charge in [-0.15, -0.1) is 0 Å². The molecule has 6 amide bonds. The minimum Gasteiger partial charge on any atom is -0.351 e. The lowest BCUT2D eigenvalue weighted by Gasteiger charge is -2.28. The fourth-order valence-corrected chi connectivity index (χ4v) is 4.69. The molecule has 10 nitrogen and oxygen atoms in total. The number of anilines is 2. The van der Waals surface area contributed by atoms with Crippen molar-refractivity contribution in [2.24, 2.45) is 5.92 Å². The van der Waals surface area contributed by atoms with Crippen LogP contribution in [0.3, 0.4) is 0 Å². The van der Waals surface area contributed by atoms with Crippen molar-refractivity contribution in [3.8, 4) is 0 Å². The molecule has 3 N–H and O–H groups in total. The van der Waals surface area contributed by atoms with Gasteiger partial charge in [0.15, 0.2) is 0 Å². The summed E-state index contributed by atoms with van der Waals surface area (Å²) < 4.78 is 0. The first-order valence-electron chi connectivity index (χ1n) is 13.5. The van der Waals surface area contributed by atoms with E-state index < -0.39 is 35.5 Å². The summed E-state index contributed by atoms with van der Waals surface area (Å²) in [4.78, 5) is 66.7. The number of carbonyl (C=O) groups excluding carboxylic acids is 5. The number of amides is 6. The van der Waals surface area contributed by atoms with Crippen LogP contribution in [0, 0.1) is 5.92 Å². The number of nitrogens with one attached hydrogen (secondary N) is 3. The van der Waals surface area contributed by atoms with Gasteiger partial charge in [-0.3, -0.25) is 14.4 Å². The molecule has 1 heterocycles. The van der Waals surface area contributed by atoms with Gasteiger partial charge < -0.3 is 20.9 Å². The number of ketones is 1. The van der Waals surface area contributed by atoms with Crippen LogP contribution in [-0.4, -0.2) is 57.1 Å². The predicted octanol–water partition coefficient (Wildman–Crippen LogP) is 4.77. The molecule has 2 aromatic rings. The van der Waals surface area contributed by atoms with Gasteiger partial charge in [0, 0.05) is 30.4 Å². The van der Waals surface area contributed by atoms with Gasteiger partial charge in [-0.1, -0.05) is 44.2 Å². The average molecular weight is 550 g/mol. The molecule has 2 aromatic carbocycles. The highest BCUT2D eigenvalue weighted by molar-refractivity contribution is 6.09. The monoisotopic (exact) mass is 549 g/mol. The van der Waals surface area contributed by atoms with Crippen molar-refractivity contribution in [1.29, 1.82) is 0 Å². The normalized spacial score (nSPS) is 16.1. The van der Waals surface area contributed by atoms with Crippen LogP contribution in [0.2, 0.25) is 0 Å². The zero-order chi connectivity index (χ0) is 29.6. The number of rotatable bonds is 11. The van der Waals surface area contributed by atoms with Crippen LogP contribution in [0.1, 0.15) is 59.9 Å². The van der Waals surface area contributed by atoms with Crippen molar-refractivity contribution >= 4 is 41.0 Å². The minimum atomic E-state index is -1.18. The van der Waals surface area contributed by atoms with Crippen molar-refractivity contribution in [1.82, 2.24) is 15.1 Å². The Hall–Kier alpha value is -4.21. The molecule has 0 saturated carbocycles. The van der Waals surface area contributed by atoms with E-state index in [-0.39, 0.29) is 30.7 Å². The highest BCUT2D eigenvalue weighted by Crippen LogP contribution is 2.33. The van der Waals surface area contributed by atoms with Crippen molar-refractivity contribution in [2.45, 2.75) is 78.6 Å². The Morgan fingerprint density at radius 3 is 2.00 bits per heavy atom. The van der Waals surface area contributed by atoms with Crippen LogP contribution in [0.5, 0.6) is 0 Å². The van der Waals surface area contributed by atoms with Crippen LogP contribution >= 0.6 is 0 Å². The maximum Gasteiger partial charge on any atom is 0.328 e. The summed E-state index contributed by atoms with van der Waals surface area (Å²) in [5.41, 5.74) is 0.808. The molecule has 3 rings (SSSR count). The zero-order valence-electron chi connectivity index (χ0n) is 24.0. The summed E-state index contributed by atoms with van der Waals surface area (Å²) in [7, 11) is 0. The summed E-state index contributed by atoms with van der Waals surface area (Å²) >= 11 is 0. The van der Waals surface area contributed by atoms with E-state index in [0.717, 1.165) is 10.5 Å². The van der Waals surface area contributed by atoms with Crippen LogP contribution in [-0.2, 0) is 20.9 Å². The number of hydrogen-bond acceptors (Lipinski definition) is 5. The molecule has 0 aliphatic carbocycles. The average Bonchev–Trinajstić information content (AvgIpc) is 3.02. The molecule has 1 aliphatic rings. The third-order valence-corrected chi connectivity index (χ3v) is 6.73. The lowest BCUT2D eigenvalue weighted by Crippen LogP contribution is -2.53. The Bertz CT molecular complexity index is 1240. The first-order valence-corrected chi connectivity index (χ1v) is 13.5. The van der Waals surface area contributed by atoms with Crippen LogP contribution < -0.4 is 16.0 Å². The standard InChI is InChI=1S/C30H39N5O5/c1-19(2)16-25(26(37)31-20(3)17-21(4)36)35-27(38)30(5,6)34(29(35)40)18-22-12-14-24(15-13-22)33-28(39)32-23-10-8-7-9-11-23/h7-15,19-20,25H,16-18H2,1-6H3,(H,31,37)(H2,32,33,39). The van der Waals surface area contributed by atoms with E-state index in [1.165, 1.54) is 11.8 Å². The second-order valence-corrected chi connectivity index (χ2v) is 11.2. The number of urea groups is 2. The van der Waals surface area contributed by atoms with E-state index in [1.54, 1.807) is 57.2 Å². The largest absolute Gasteiger partial charge is 0.351 e. The third-order valence-electron chi connectivity index (χ3n) is 6.73. The number of imide groups is 1. The molecule has 1 fully saturated rings. The van der Waals surface area contributed by atoms with Crippen molar-refractivity contribution in [2.75, 3.05) is 10.6 Å². The van der Waals surface area contributed by atoms with Crippen molar-refractivity contribution < 1.29 is 24.0 Å². The van der Waals surface area contributed by atoms with E-state index in [1.807, 2.05) is 32.0 Å². The highest BCUT2D eigenvalue weighted by Gasteiger charge is 2.54. The van der Waals surface area contributed by atoms with Crippen LogP contribution in [0.25, 0.3) is 0 Å². The van der Waals surface area contributed by atoms with Gasteiger partial charge in [0.25, 0.3) is 5.91 Å². The number of carbonyl (C=O) groups is 5. The van der Waals surface area contributed by atoms with Crippen LogP contribution in [0.15, 0.2) is 54.6 Å². The Kier molecular flexibility index (Phi) is 9.68. The number of nitrogens with zero attached hydrogens (tertiary/aromatic N) is 2. The molecule has 0 aromatic heterocycles. The van der Waals surface area contributed by atoms with Gasteiger partial charge in [0.2, 0.25) is 5.91 Å². The van der Waals surface area contributed by atoms with Crippen LogP contribution in [0.4, 0.5) is 21.0 Å². The maximum absolute atomic E-state index is 13.6. The second kappa shape index (κ2) is 12.8. The molecule has 10 heteroatoms. The molecule has 214 valence electrons. The smallest absolute Gasteiger partial charge is 0.328 e. The molecule has 2 unspecified atom stereocenters. The molecule has 1 saturated heterocycles. The summed E-state index contributed by atoms with van der Waals surface area (Å²) in [5, 5.41) is 8.31. The zero-order valence-corrected chi connectivity index (χ0v) is 24.0. The molecule has 0 bridgehead atoms. The van der Waals surface area contributed by atoms with E-state index >= 15 is 0 Å². The molecule has 0 radical (unpaired) electrons. The quantitative estimate of drug-likeness (QED) is 0.348. The van der Waals surface area contributed by atoms with Gasteiger partial charge in [0.05, 0.1) is 0 Å². The van der Waals surface area contributed by atoms with E-state index in [9.17, 15) is 24.0 Å². The first-order chi connectivity index (χ1) is 18.8. The van der Waals surface area contributed by atoms with Crippen molar-refractivity contribution in [3.05, 3.63) is 60.2 Å². The highest BCUT2D eigenvalue weighted by atomic mass is 16.2. The predicted molar refractivity (Wildman–Crippen MR) is 154 cm³/mol. The summed E-state index contributed by atoms with van der Waals surface area (Å²) in [6.45, 7) is 10.5. The first kappa shape index (κ1) is 30.3. The third kappa shape index (κ3) is 7.46. The molecule has 40 heavy (non-hydrogen) atoms. The molecular formula is C30H39N5O5. The minimum absolute atomic E-state index is 0.0377. The Morgan fingerprint density at radius 2 is 1.45 bits per heavy atom. The topological polar surface area (TPSA) is 128 Å². The molecule has 1 aliphatic heterocycles. The van der Waals surface area contributed by atoms with E-state index in [2.05, 4.69) is 16.0 Å². The van der Waals surface area contributed by atoms with E-state index in [0.29, 0.717) is 17.8 Å². The SMILES string of the molecule is CC(=O)CC(C)NC(=O)C(CC(C)C)N1C(=O)N(Cc2ccc(NC(=O)Nc3ccccc3)cc2)C(C)(C)C1=O. The number of hydrogen-bond donors (Lipinski definition) is 3. The summed E-state index contributed by atoms with van der Waals surface area (Å²) in [5.74, 6) is -0.929. The summed E-state index contributed by atoms with van der Waals surface area (Å²) in [6.07, 6.45) is 0.462. The number of benzene rings is 2. The lowest BCUT2D eigenvalue weighted by molar-refractivity contribution is -0.139. The van der Waals surface area contributed by atoms with Gasteiger partial charge in [-0.25, -0.2) is 14.5 Å². The van der Waals surface area contributed by atoms with Gasteiger partial charge in [0.1, 0.15) is 17.4 Å². The van der Waals surface area contributed by atoms with E-state index in [4.69, 9.17) is 0 Å². The van der Waals surface area contributed by atoms with Gasteiger partial charge in [-0.05, 0) is 69.9 Å². The fourth-order valence-electron chi connectivity index (χ4n) is 4.69. The fraction of sp³-hybridized carbons (Fsp3) is 0.433. The Morgan fingerprint density at radius 1 is 0.875 bits per heavy atom. The second-order valence-electron chi connectivity index (χ2n) is 11.2. The lowest BCUT2D eigenvalue weighted by atomic mass is 9.99. The number of Topliss-reactive ketones (excluding diaryl/α,β-unsaturated/α-hetero) is 1. The number of para-hydroxylation sites is 1. The molecule has 2 atom stereocenters. The molecular weight excluding hydrogens is 510 g/mol. The molecule has 0 spiro atoms. The Balaban J connectivity index is 1.73. The van der Waals surface area contributed by atoms with Gasteiger partial charge >= 0.3 is 12.1 Å². The van der Waals surface area contributed by atoms with Crippen molar-refractivity contribution in [3.63, 3.8) is 0 Å². The Labute approximate surface area is 235 Å². The van der Waals surface area contributed by atoms with Gasteiger partial charge in [-0.2, -0.15) is 0 Å². The summed E-state index contributed by atoms with van der Waals surface area (Å²) in [6, 6.07) is 13.7. The maximum atomic E-state index is 13.6.